The van der Waals surface area contributed by atoms with Crippen molar-refractivity contribution in [3.8, 4) is 0 Å². The molecule has 0 aromatic rings. The normalized spacial score (nSPS) is 32.0. The first-order valence-corrected chi connectivity index (χ1v) is 5.50. The van der Waals surface area contributed by atoms with Gasteiger partial charge in [-0.05, 0) is 13.3 Å². The maximum absolute atomic E-state index is 11.3. The average Bonchev–Trinajstić information content (AvgIpc) is 2.82. The maximum Gasteiger partial charge on any atom is 0.468 e. The van der Waals surface area contributed by atoms with E-state index in [-0.39, 0.29) is 30.7 Å². The number of hydrogen-bond acceptors (Lipinski definition) is 3. The lowest BCUT2D eigenvalue weighted by Crippen LogP contribution is -2.37. The summed E-state index contributed by atoms with van der Waals surface area (Å²) in [4.78, 5) is 27.7. The Balaban J connectivity index is 2.06. The molecule has 2 aliphatic rings. The molecule has 2 amide bonds. The van der Waals surface area contributed by atoms with Crippen LogP contribution in [0.1, 0.15) is 33.1 Å². The maximum atomic E-state index is 11.3. The number of carbonyl (C=O) groups excluding carboxylic acids is 2. The summed E-state index contributed by atoms with van der Waals surface area (Å²) >= 11 is 0. The molecule has 2 aliphatic heterocycles. The third-order valence-corrected chi connectivity index (χ3v) is 3.13. The number of amidine groups is 1. The molecule has 2 rings (SSSR count). The third-order valence-electron chi connectivity index (χ3n) is 3.13. The lowest BCUT2D eigenvalue weighted by atomic mass is 10.3. The van der Waals surface area contributed by atoms with Gasteiger partial charge in [0.1, 0.15) is 12.1 Å². The Morgan fingerprint density at radius 3 is 2.50 bits per heavy atom. The second-order valence-corrected chi connectivity index (χ2v) is 4.13. The highest BCUT2D eigenvalue weighted by Crippen LogP contribution is 2.24. The number of imide groups is 1. The number of nitrogens with two attached hydrogens (primary N) is 1. The Bertz CT molecular complexity index is 362. The van der Waals surface area contributed by atoms with Crippen molar-refractivity contribution in [1.82, 2.24) is 5.06 Å². The van der Waals surface area contributed by atoms with Crippen molar-refractivity contribution in [2.24, 2.45) is 5.73 Å². The van der Waals surface area contributed by atoms with Crippen LogP contribution in [0.15, 0.2) is 0 Å². The molecule has 88 valence electrons. The molecule has 16 heavy (non-hydrogen) atoms. The zero-order valence-electron chi connectivity index (χ0n) is 9.47. The quantitative estimate of drug-likeness (QED) is 0.300. The number of hydroxylamine groups is 2. The predicted octanol–water partition coefficient (Wildman–Crippen LogP) is -0.425. The molecule has 0 aromatic heterocycles. The van der Waals surface area contributed by atoms with Gasteiger partial charge in [-0.2, -0.15) is 0 Å². The molecule has 6 nitrogen and oxygen atoms in total. The Labute approximate surface area is 93.6 Å². The number of carbonyl (C=O) groups is 2. The van der Waals surface area contributed by atoms with E-state index in [4.69, 9.17) is 10.6 Å². The minimum Gasteiger partial charge on any atom is -0.292 e. The van der Waals surface area contributed by atoms with Crippen molar-refractivity contribution in [2.45, 2.75) is 45.2 Å². The number of amides is 2. The van der Waals surface area contributed by atoms with E-state index < -0.39 is 0 Å². The van der Waals surface area contributed by atoms with Crippen LogP contribution >= 0.6 is 0 Å². The largest absolute Gasteiger partial charge is 0.468 e. The topological polar surface area (TPSA) is 75.6 Å². The van der Waals surface area contributed by atoms with Crippen molar-refractivity contribution in [3.63, 3.8) is 0 Å². The molecule has 6 heteroatoms. The number of hydrogen-bond donors (Lipinski definition) is 1. The summed E-state index contributed by atoms with van der Waals surface area (Å²) in [6.07, 6.45) is 1.38. The van der Waals surface area contributed by atoms with Crippen LogP contribution in [0.5, 0.6) is 0 Å². The van der Waals surface area contributed by atoms with E-state index in [0.717, 1.165) is 11.5 Å². The van der Waals surface area contributed by atoms with Crippen LogP contribution in [0.3, 0.4) is 0 Å². The van der Waals surface area contributed by atoms with Crippen LogP contribution in [-0.2, 0) is 14.4 Å². The molecule has 0 saturated carbocycles. The Morgan fingerprint density at radius 1 is 1.50 bits per heavy atom. The Kier molecular flexibility index (Phi) is 2.57. The molecule has 0 aliphatic carbocycles. The molecule has 2 fully saturated rings. The number of rotatable bonds is 2. The van der Waals surface area contributed by atoms with Gasteiger partial charge >= 0.3 is 6.02 Å². The smallest absolute Gasteiger partial charge is 0.292 e. The number of nitrogens with zero attached hydrogens (tertiary/aromatic N) is 2. The van der Waals surface area contributed by atoms with Crippen LogP contribution in [-0.4, -0.2) is 39.6 Å². The molecule has 2 heterocycles. The second-order valence-electron chi connectivity index (χ2n) is 4.13. The van der Waals surface area contributed by atoms with Gasteiger partial charge in [-0.3, -0.25) is 20.2 Å². The van der Waals surface area contributed by atoms with E-state index in [1.807, 2.05) is 11.5 Å². The van der Waals surface area contributed by atoms with E-state index in [1.54, 1.807) is 0 Å². The van der Waals surface area contributed by atoms with Crippen molar-refractivity contribution in [1.29, 1.82) is 0 Å². The predicted molar refractivity (Wildman–Crippen MR) is 55.2 cm³/mol. The van der Waals surface area contributed by atoms with Crippen molar-refractivity contribution < 1.29 is 19.0 Å². The molecule has 0 spiro atoms. The third kappa shape index (κ3) is 1.64. The van der Waals surface area contributed by atoms with Gasteiger partial charge in [0.15, 0.2) is 0 Å². The Hall–Kier alpha value is -1.59. The van der Waals surface area contributed by atoms with E-state index in [1.165, 1.54) is 0 Å². The van der Waals surface area contributed by atoms with Crippen LogP contribution in [0.4, 0.5) is 0 Å². The minimum atomic E-state index is -0.324. The van der Waals surface area contributed by atoms with Crippen molar-refractivity contribution in [2.75, 3.05) is 0 Å². The summed E-state index contributed by atoms with van der Waals surface area (Å²) < 4.78 is 1.86. The molecular weight excluding hydrogens is 210 g/mol. The molecule has 2 saturated heterocycles. The van der Waals surface area contributed by atoms with Gasteiger partial charge in [-0.15, -0.1) is 0 Å². The van der Waals surface area contributed by atoms with Gasteiger partial charge in [-0.25, -0.2) is 4.58 Å². The monoisotopic (exact) mass is 226 g/mol. The van der Waals surface area contributed by atoms with Crippen LogP contribution < -0.4 is 5.73 Å². The summed E-state index contributed by atoms with van der Waals surface area (Å²) in [5.74, 6) is -0.647. The van der Waals surface area contributed by atoms with E-state index in [2.05, 4.69) is 6.92 Å². The molecular formula is C10H16N3O3+. The molecule has 2 atom stereocenters. The summed E-state index contributed by atoms with van der Waals surface area (Å²) in [5.41, 5.74) is 5.71. The fourth-order valence-corrected chi connectivity index (χ4v) is 2.11. The fraction of sp³-hybridized carbons (Fsp3) is 0.700. The van der Waals surface area contributed by atoms with Gasteiger partial charge in [0.2, 0.25) is 0 Å². The Morgan fingerprint density at radius 2 is 2.06 bits per heavy atom. The van der Waals surface area contributed by atoms with E-state index in [9.17, 15) is 9.59 Å². The lowest BCUT2D eigenvalue weighted by Gasteiger charge is -2.09. The molecule has 0 radical (unpaired) electrons. The molecule has 2 unspecified atom stereocenters. The van der Waals surface area contributed by atoms with Crippen LogP contribution in [0.25, 0.3) is 0 Å². The minimum absolute atomic E-state index is 0.142. The van der Waals surface area contributed by atoms with Gasteiger partial charge in [0.25, 0.3) is 11.8 Å². The first kappa shape index (κ1) is 10.9. The lowest BCUT2D eigenvalue weighted by molar-refractivity contribution is -0.398. The highest BCUT2D eigenvalue weighted by Gasteiger charge is 2.48. The zero-order chi connectivity index (χ0) is 11.9. The highest BCUT2D eigenvalue weighted by molar-refractivity contribution is 6.01. The average molecular weight is 226 g/mol. The molecule has 0 bridgehead atoms. The standard InChI is InChI=1S/C10H15N3O3/c1-3-7-6(2)12(7)10(11)16-13-8(14)4-5-9(13)15/h6-7,11H,3-5H2,1-2H3/p+1. The molecule has 2 N–H and O–H groups in total. The van der Waals surface area contributed by atoms with Crippen molar-refractivity contribution in [3.05, 3.63) is 0 Å². The summed E-state index contributed by atoms with van der Waals surface area (Å²) in [6, 6.07) is 0.813. The van der Waals surface area contributed by atoms with E-state index in [0.29, 0.717) is 12.1 Å². The fourth-order valence-electron chi connectivity index (χ4n) is 2.11. The van der Waals surface area contributed by atoms with Crippen LogP contribution in [0, 0.1) is 0 Å². The second kappa shape index (κ2) is 3.77. The van der Waals surface area contributed by atoms with Crippen molar-refractivity contribution >= 4 is 17.8 Å². The van der Waals surface area contributed by atoms with Gasteiger partial charge in [-0.1, -0.05) is 12.0 Å². The summed E-state index contributed by atoms with van der Waals surface area (Å²) in [7, 11) is 0. The van der Waals surface area contributed by atoms with Gasteiger partial charge in [0, 0.05) is 12.8 Å². The summed E-state index contributed by atoms with van der Waals surface area (Å²) in [6.45, 7) is 4.08. The van der Waals surface area contributed by atoms with Gasteiger partial charge < -0.3 is 0 Å². The SMILES string of the molecule is CCC1C(C)[N+]1=C(N)ON1C(=O)CCC1=O. The van der Waals surface area contributed by atoms with Gasteiger partial charge in [0.05, 0.1) is 0 Å². The zero-order valence-corrected chi connectivity index (χ0v) is 9.47. The highest BCUT2D eigenvalue weighted by atomic mass is 16.7. The first-order chi connectivity index (χ1) is 7.56. The van der Waals surface area contributed by atoms with Crippen LogP contribution in [0.2, 0.25) is 0 Å². The van der Waals surface area contributed by atoms with E-state index >= 15 is 0 Å². The molecule has 0 aromatic carbocycles. The summed E-state index contributed by atoms with van der Waals surface area (Å²) in [5, 5.41) is 0.771. The first-order valence-electron chi connectivity index (χ1n) is 5.50.